The Labute approximate surface area is 146 Å². The molecular formula is C22H18O3. The lowest BCUT2D eigenvalue weighted by molar-refractivity contribution is 0.0507. The summed E-state index contributed by atoms with van der Waals surface area (Å²) in [5, 5.41) is 0. The summed E-state index contributed by atoms with van der Waals surface area (Å²) in [7, 11) is 0. The minimum atomic E-state index is -0.296. The van der Waals surface area contributed by atoms with Crippen molar-refractivity contribution in [1.29, 1.82) is 0 Å². The lowest BCUT2D eigenvalue weighted by Gasteiger charge is -2.21. The highest BCUT2D eigenvalue weighted by atomic mass is 16.5. The Morgan fingerprint density at radius 1 is 0.880 bits per heavy atom. The van der Waals surface area contributed by atoms with E-state index >= 15 is 0 Å². The average Bonchev–Trinajstić information content (AvgIpc) is 2.66. The van der Waals surface area contributed by atoms with Crippen LogP contribution in [0.1, 0.15) is 27.0 Å². The maximum absolute atomic E-state index is 12.5. The van der Waals surface area contributed by atoms with Crippen LogP contribution in [0.5, 0.6) is 11.5 Å². The number of fused-ring (bicyclic) bond motifs is 2. The van der Waals surface area contributed by atoms with Crippen LogP contribution < -0.4 is 4.74 Å². The van der Waals surface area contributed by atoms with Crippen molar-refractivity contribution in [3.8, 4) is 11.5 Å². The number of carbonyl (C=O) groups excluding carboxylic acids is 1. The van der Waals surface area contributed by atoms with E-state index in [1.54, 1.807) is 6.07 Å². The Morgan fingerprint density at radius 2 is 1.64 bits per heavy atom. The number of hydrogen-bond donors (Lipinski definition) is 0. The van der Waals surface area contributed by atoms with Gasteiger partial charge in [-0.3, -0.25) is 0 Å². The molecule has 0 bridgehead atoms. The molecule has 0 saturated heterocycles. The summed E-state index contributed by atoms with van der Waals surface area (Å²) in [4.78, 5) is 12.5. The van der Waals surface area contributed by atoms with Crippen molar-refractivity contribution in [2.45, 2.75) is 12.8 Å². The van der Waals surface area contributed by atoms with Crippen molar-refractivity contribution in [2.75, 3.05) is 6.61 Å². The van der Waals surface area contributed by atoms with E-state index in [1.165, 1.54) is 0 Å². The van der Waals surface area contributed by atoms with Crippen molar-refractivity contribution in [1.82, 2.24) is 0 Å². The molecule has 0 N–H and O–H groups in total. The molecule has 3 aromatic rings. The van der Waals surface area contributed by atoms with Gasteiger partial charge in [0.2, 0.25) is 0 Å². The highest BCUT2D eigenvalue weighted by molar-refractivity contribution is 5.92. The van der Waals surface area contributed by atoms with Gasteiger partial charge < -0.3 is 9.47 Å². The van der Waals surface area contributed by atoms with E-state index in [-0.39, 0.29) is 5.97 Å². The third-order valence-corrected chi connectivity index (χ3v) is 4.38. The molecule has 4 rings (SSSR count). The Hall–Kier alpha value is -3.07. The molecule has 0 amide bonds. The predicted molar refractivity (Wildman–Crippen MR) is 96.2 cm³/mol. The van der Waals surface area contributed by atoms with Gasteiger partial charge in [0.25, 0.3) is 0 Å². The SMILES string of the molecule is O=C(OCCc1ccccc1)c1cccc2c1Cc1ccccc1O2. The summed E-state index contributed by atoms with van der Waals surface area (Å²) >= 11 is 0. The molecule has 25 heavy (non-hydrogen) atoms. The van der Waals surface area contributed by atoms with E-state index in [4.69, 9.17) is 9.47 Å². The standard InChI is InChI=1S/C22H18O3/c23-22(24-14-13-16-7-2-1-3-8-16)18-10-6-12-21-19(18)15-17-9-4-5-11-20(17)25-21/h1-12H,13-15H2. The second-order valence-corrected chi connectivity index (χ2v) is 6.04. The van der Waals surface area contributed by atoms with E-state index in [1.807, 2.05) is 66.7 Å². The van der Waals surface area contributed by atoms with E-state index in [0.29, 0.717) is 25.0 Å². The van der Waals surface area contributed by atoms with Crippen LogP contribution in [0, 0.1) is 0 Å². The van der Waals surface area contributed by atoms with Gasteiger partial charge in [0.1, 0.15) is 11.5 Å². The summed E-state index contributed by atoms with van der Waals surface area (Å²) in [5.41, 5.74) is 3.72. The van der Waals surface area contributed by atoms with Crippen molar-refractivity contribution >= 4 is 5.97 Å². The normalized spacial score (nSPS) is 11.8. The number of para-hydroxylation sites is 1. The zero-order chi connectivity index (χ0) is 17.1. The van der Waals surface area contributed by atoms with E-state index in [9.17, 15) is 4.79 Å². The van der Waals surface area contributed by atoms with Crippen LogP contribution in [0.2, 0.25) is 0 Å². The molecule has 124 valence electrons. The molecule has 3 nitrogen and oxygen atoms in total. The summed E-state index contributed by atoms with van der Waals surface area (Å²) < 4.78 is 11.4. The fourth-order valence-corrected chi connectivity index (χ4v) is 3.08. The molecule has 3 aromatic carbocycles. The Bertz CT molecular complexity index is 900. The fraction of sp³-hybridized carbons (Fsp3) is 0.136. The number of hydrogen-bond acceptors (Lipinski definition) is 3. The molecule has 1 heterocycles. The molecule has 1 aliphatic rings. The minimum Gasteiger partial charge on any atom is -0.462 e. The number of rotatable bonds is 4. The van der Waals surface area contributed by atoms with Gasteiger partial charge in [0, 0.05) is 18.4 Å². The molecule has 0 fully saturated rings. The molecular weight excluding hydrogens is 312 g/mol. The topological polar surface area (TPSA) is 35.5 Å². The van der Waals surface area contributed by atoms with E-state index in [2.05, 4.69) is 0 Å². The van der Waals surface area contributed by atoms with Crippen LogP contribution >= 0.6 is 0 Å². The smallest absolute Gasteiger partial charge is 0.338 e. The molecule has 0 spiro atoms. The van der Waals surface area contributed by atoms with Gasteiger partial charge in [-0.2, -0.15) is 0 Å². The molecule has 1 aliphatic heterocycles. The first-order chi connectivity index (χ1) is 12.3. The largest absolute Gasteiger partial charge is 0.462 e. The number of ether oxygens (including phenoxy) is 2. The first kappa shape index (κ1) is 15.5. The van der Waals surface area contributed by atoms with Crippen LogP contribution in [0.3, 0.4) is 0 Å². The van der Waals surface area contributed by atoms with Gasteiger partial charge >= 0.3 is 5.97 Å². The second-order valence-electron chi connectivity index (χ2n) is 6.04. The number of esters is 1. The molecule has 0 saturated carbocycles. The quantitative estimate of drug-likeness (QED) is 0.505. The molecule has 0 aromatic heterocycles. The highest BCUT2D eigenvalue weighted by Gasteiger charge is 2.22. The van der Waals surface area contributed by atoms with Crippen molar-refractivity contribution in [3.63, 3.8) is 0 Å². The maximum atomic E-state index is 12.5. The van der Waals surface area contributed by atoms with Crippen LogP contribution in [-0.4, -0.2) is 12.6 Å². The van der Waals surface area contributed by atoms with Gasteiger partial charge in [-0.05, 0) is 29.3 Å². The predicted octanol–water partition coefficient (Wildman–Crippen LogP) is 4.78. The van der Waals surface area contributed by atoms with Gasteiger partial charge in [0.15, 0.2) is 0 Å². The van der Waals surface area contributed by atoms with Crippen LogP contribution in [0.25, 0.3) is 0 Å². The highest BCUT2D eigenvalue weighted by Crippen LogP contribution is 2.37. The Morgan fingerprint density at radius 3 is 2.52 bits per heavy atom. The lowest BCUT2D eigenvalue weighted by Crippen LogP contribution is -2.13. The van der Waals surface area contributed by atoms with Crippen molar-refractivity contribution in [2.24, 2.45) is 0 Å². The van der Waals surface area contributed by atoms with E-state index < -0.39 is 0 Å². The molecule has 0 unspecified atom stereocenters. The van der Waals surface area contributed by atoms with Crippen LogP contribution in [0.4, 0.5) is 0 Å². The van der Waals surface area contributed by atoms with E-state index in [0.717, 1.165) is 28.2 Å². The summed E-state index contributed by atoms with van der Waals surface area (Å²) in [6.07, 6.45) is 1.39. The summed E-state index contributed by atoms with van der Waals surface area (Å²) in [6, 6.07) is 23.4. The molecule has 0 aliphatic carbocycles. The first-order valence-corrected chi connectivity index (χ1v) is 8.40. The van der Waals surface area contributed by atoms with Gasteiger partial charge in [-0.25, -0.2) is 4.79 Å². The number of benzene rings is 3. The van der Waals surface area contributed by atoms with Crippen LogP contribution in [-0.2, 0) is 17.6 Å². The lowest BCUT2D eigenvalue weighted by atomic mass is 9.96. The zero-order valence-corrected chi connectivity index (χ0v) is 13.8. The van der Waals surface area contributed by atoms with Gasteiger partial charge in [-0.1, -0.05) is 54.6 Å². The average molecular weight is 330 g/mol. The monoisotopic (exact) mass is 330 g/mol. The second kappa shape index (κ2) is 6.81. The Balaban J connectivity index is 1.49. The van der Waals surface area contributed by atoms with Gasteiger partial charge in [0.05, 0.1) is 12.2 Å². The molecule has 0 atom stereocenters. The fourth-order valence-electron chi connectivity index (χ4n) is 3.08. The number of carbonyl (C=O) groups is 1. The molecule has 0 radical (unpaired) electrons. The Kier molecular flexibility index (Phi) is 4.21. The van der Waals surface area contributed by atoms with Crippen molar-refractivity contribution in [3.05, 3.63) is 95.1 Å². The third-order valence-electron chi connectivity index (χ3n) is 4.38. The van der Waals surface area contributed by atoms with Gasteiger partial charge in [-0.15, -0.1) is 0 Å². The summed E-state index contributed by atoms with van der Waals surface area (Å²) in [5.74, 6) is 1.29. The third kappa shape index (κ3) is 3.26. The van der Waals surface area contributed by atoms with Crippen LogP contribution in [0.15, 0.2) is 72.8 Å². The zero-order valence-electron chi connectivity index (χ0n) is 13.8. The first-order valence-electron chi connectivity index (χ1n) is 8.40. The molecule has 3 heteroatoms. The summed E-state index contributed by atoms with van der Waals surface area (Å²) in [6.45, 7) is 0.365. The minimum absolute atomic E-state index is 0.296. The maximum Gasteiger partial charge on any atom is 0.338 e. The van der Waals surface area contributed by atoms with Crippen molar-refractivity contribution < 1.29 is 14.3 Å².